The van der Waals surface area contributed by atoms with Gasteiger partial charge in [-0.3, -0.25) is 4.79 Å². The third-order valence-electron chi connectivity index (χ3n) is 5.41. The van der Waals surface area contributed by atoms with E-state index < -0.39 is 14.3 Å². The Kier molecular flexibility index (Phi) is 7.86. The molecule has 30 heavy (non-hydrogen) atoms. The van der Waals surface area contributed by atoms with Crippen LogP contribution < -0.4 is 9.16 Å². The number of benzene rings is 2. The molecule has 0 radical (unpaired) electrons. The molecule has 0 amide bonds. The summed E-state index contributed by atoms with van der Waals surface area (Å²) >= 11 is 7.00. The summed E-state index contributed by atoms with van der Waals surface area (Å²) in [5, 5.41) is 9.14. The van der Waals surface area contributed by atoms with Crippen molar-refractivity contribution >= 4 is 46.1 Å². The van der Waals surface area contributed by atoms with Crippen LogP contribution in [0.25, 0.3) is 0 Å². The van der Waals surface area contributed by atoms with Gasteiger partial charge < -0.3 is 14.3 Å². The van der Waals surface area contributed by atoms with Crippen LogP contribution in [0.2, 0.25) is 18.1 Å². The third-order valence-corrected chi connectivity index (χ3v) is 10.9. The molecule has 2 aromatic carbocycles. The molecule has 0 unspecified atom stereocenters. The van der Waals surface area contributed by atoms with Crippen molar-refractivity contribution in [2.75, 3.05) is 0 Å². The number of ether oxygens (including phenoxy) is 1. The van der Waals surface area contributed by atoms with Gasteiger partial charge in [0.1, 0.15) is 11.5 Å². The molecule has 0 bridgehead atoms. The highest BCUT2D eigenvalue weighted by Crippen LogP contribution is 2.42. The summed E-state index contributed by atoms with van der Waals surface area (Å²) in [5.74, 6) is 1.63. The molecule has 0 aromatic heterocycles. The molecule has 0 fully saturated rings. The zero-order valence-corrected chi connectivity index (χ0v) is 22.8. The summed E-state index contributed by atoms with van der Waals surface area (Å²) in [6.45, 7) is 15.5. The number of carbonyl (C=O) groups is 1. The number of carboxylic acid groups (broad SMARTS) is 1. The molecular formula is C23H30Br2O4Si. The van der Waals surface area contributed by atoms with E-state index in [1.807, 2.05) is 18.2 Å². The SMILES string of the molecule is CC(C)c1cc(Oc2c(Br)cc(CC(=O)O)cc2Br)ccc1O[Si](C)(C)C(C)(C)C. The topological polar surface area (TPSA) is 55.8 Å². The molecule has 7 heteroatoms. The van der Waals surface area contributed by atoms with Crippen molar-refractivity contribution < 1.29 is 19.1 Å². The van der Waals surface area contributed by atoms with Crippen molar-refractivity contribution in [2.24, 2.45) is 0 Å². The fraction of sp³-hybridized carbons (Fsp3) is 0.435. The van der Waals surface area contributed by atoms with E-state index in [0.717, 1.165) is 11.3 Å². The number of hydrogen-bond acceptors (Lipinski definition) is 3. The minimum atomic E-state index is -1.96. The zero-order chi connectivity index (χ0) is 22.9. The molecular weight excluding hydrogens is 528 g/mol. The molecule has 0 heterocycles. The van der Waals surface area contributed by atoms with Crippen LogP contribution in [0.5, 0.6) is 17.2 Å². The molecule has 1 N–H and O–H groups in total. The van der Waals surface area contributed by atoms with Gasteiger partial charge in [-0.25, -0.2) is 0 Å². The lowest BCUT2D eigenvalue weighted by Gasteiger charge is -2.37. The standard InChI is InChI=1S/C23H30Br2O4Si/c1-14(2)17-13-16(8-9-20(17)29-30(6,7)23(3,4)5)28-22-18(24)10-15(11-19(22)25)12-21(26)27/h8-11,13-14H,12H2,1-7H3,(H,26,27). The van der Waals surface area contributed by atoms with Crippen LogP contribution in [0.3, 0.4) is 0 Å². The highest BCUT2D eigenvalue weighted by Gasteiger charge is 2.39. The summed E-state index contributed by atoms with van der Waals surface area (Å²) in [4.78, 5) is 11.0. The van der Waals surface area contributed by atoms with E-state index in [0.29, 0.717) is 26.0 Å². The van der Waals surface area contributed by atoms with E-state index in [2.05, 4.69) is 79.6 Å². The van der Waals surface area contributed by atoms with Crippen molar-refractivity contribution in [3.8, 4) is 17.2 Å². The fourth-order valence-corrected chi connectivity index (χ4v) is 5.15. The van der Waals surface area contributed by atoms with Gasteiger partial charge >= 0.3 is 5.97 Å². The van der Waals surface area contributed by atoms with Gasteiger partial charge in [-0.15, -0.1) is 0 Å². The molecule has 164 valence electrons. The van der Waals surface area contributed by atoms with Gasteiger partial charge in [-0.1, -0.05) is 34.6 Å². The number of carboxylic acids is 1. The van der Waals surface area contributed by atoms with Crippen molar-refractivity contribution in [1.82, 2.24) is 0 Å². The van der Waals surface area contributed by atoms with Gasteiger partial charge in [0.15, 0.2) is 5.75 Å². The molecule has 0 spiro atoms. The first-order valence-electron chi connectivity index (χ1n) is 9.92. The highest BCUT2D eigenvalue weighted by molar-refractivity contribution is 9.11. The Morgan fingerprint density at radius 2 is 1.67 bits per heavy atom. The Morgan fingerprint density at radius 3 is 2.13 bits per heavy atom. The van der Waals surface area contributed by atoms with Crippen LogP contribution in [-0.4, -0.2) is 19.4 Å². The lowest BCUT2D eigenvalue weighted by Crippen LogP contribution is -2.44. The summed E-state index contributed by atoms with van der Waals surface area (Å²) < 4.78 is 14.1. The normalized spacial score (nSPS) is 12.2. The van der Waals surface area contributed by atoms with E-state index in [1.54, 1.807) is 12.1 Å². The average molecular weight is 558 g/mol. The maximum absolute atomic E-state index is 11.0. The summed E-state index contributed by atoms with van der Waals surface area (Å²) in [5.41, 5.74) is 1.79. The summed E-state index contributed by atoms with van der Waals surface area (Å²) in [7, 11) is -1.96. The van der Waals surface area contributed by atoms with E-state index in [4.69, 9.17) is 14.3 Å². The Morgan fingerprint density at radius 1 is 1.10 bits per heavy atom. The minimum Gasteiger partial charge on any atom is -0.543 e. The van der Waals surface area contributed by atoms with Gasteiger partial charge in [-0.05, 0) is 97.4 Å². The number of hydrogen-bond donors (Lipinski definition) is 1. The van der Waals surface area contributed by atoms with Crippen LogP contribution in [-0.2, 0) is 11.2 Å². The highest BCUT2D eigenvalue weighted by atomic mass is 79.9. The molecule has 0 saturated carbocycles. The zero-order valence-electron chi connectivity index (χ0n) is 18.6. The second kappa shape index (κ2) is 9.45. The number of aliphatic carboxylic acids is 1. The largest absolute Gasteiger partial charge is 0.543 e. The fourth-order valence-electron chi connectivity index (χ4n) is 2.67. The van der Waals surface area contributed by atoms with Gasteiger partial charge in [-0.2, -0.15) is 0 Å². The number of rotatable bonds is 7. The predicted octanol–water partition coefficient (Wildman–Crippen LogP) is 8.14. The summed E-state index contributed by atoms with van der Waals surface area (Å²) in [6, 6.07) is 9.47. The maximum atomic E-state index is 11.0. The van der Waals surface area contributed by atoms with E-state index in [9.17, 15) is 4.79 Å². The van der Waals surface area contributed by atoms with E-state index in [-0.39, 0.29) is 17.4 Å². The predicted molar refractivity (Wildman–Crippen MR) is 132 cm³/mol. The lowest BCUT2D eigenvalue weighted by atomic mass is 10.0. The first kappa shape index (κ1) is 25.0. The molecule has 0 atom stereocenters. The van der Waals surface area contributed by atoms with Crippen molar-refractivity contribution in [2.45, 2.75) is 65.1 Å². The number of halogens is 2. The monoisotopic (exact) mass is 556 g/mol. The Balaban J connectivity index is 2.37. The maximum Gasteiger partial charge on any atom is 0.307 e. The Labute approximate surface area is 197 Å². The van der Waals surface area contributed by atoms with Crippen molar-refractivity contribution in [3.63, 3.8) is 0 Å². The van der Waals surface area contributed by atoms with Gasteiger partial charge in [0.2, 0.25) is 8.32 Å². The summed E-state index contributed by atoms with van der Waals surface area (Å²) in [6.07, 6.45) is -0.0472. The second-order valence-electron chi connectivity index (χ2n) is 9.28. The molecule has 0 aliphatic heterocycles. The van der Waals surface area contributed by atoms with Crippen molar-refractivity contribution in [3.05, 3.63) is 50.4 Å². The van der Waals surface area contributed by atoms with Gasteiger partial charge in [0.05, 0.1) is 15.4 Å². The molecule has 2 aromatic rings. The Hall–Kier alpha value is -1.31. The third kappa shape index (κ3) is 6.11. The lowest BCUT2D eigenvalue weighted by molar-refractivity contribution is -0.136. The van der Waals surface area contributed by atoms with E-state index in [1.165, 1.54) is 0 Å². The van der Waals surface area contributed by atoms with E-state index >= 15 is 0 Å². The molecule has 4 nitrogen and oxygen atoms in total. The molecule has 0 saturated heterocycles. The minimum absolute atomic E-state index is 0.0472. The average Bonchev–Trinajstić information content (AvgIpc) is 2.57. The van der Waals surface area contributed by atoms with Crippen molar-refractivity contribution in [1.29, 1.82) is 0 Å². The van der Waals surface area contributed by atoms with Crippen LogP contribution >= 0.6 is 31.9 Å². The van der Waals surface area contributed by atoms with Crippen LogP contribution in [0.15, 0.2) is 39.3 Å². The first-order valence-corrected chi connectivity index (χ1v) is 14.4. The Bertz CT molecular complexity index is 910. The van der Waals surface area contributed by atoms with Crippen LogP contribution in [0.4, 0.5) is 0 Å². The smallest absolute Gasteiger partial charge is 0.307 e. The van der Waals surface area contributed by atoms with Gasteiger partial charge in [0.25, 0.3) is 0 Å². The molecule has 0 aliphatic carbocycles. The quantitative estimate of drug-likeness (QED) is 0.349. The molecule has 0 aliphatic rings. The molecule has 2 rings (SSSR count). The van der Waals surface area contributed by atoms with Crippen LogP contribution in [0.1, 0.15) is 51.7 Å². The second-order valence-corrected chi connectivity index (χ2v) is 15.7. The van der Waals surface area contributed by atoms with Crippen LogP contribution in [0, 0.1) is 0 Å². The first-order chi connectivity index (χ1) is 13.7. The van der Waals surface area contributed by atoms with Gasteiger partial charge in [0, 0.05) is 0 Å².